The smallest absolute Gasteiger partial charge is 0.135 e. The van der Waals surface area contributed by atoms with Crippen LogP contribution in [-0.4, -0.2) is 0 Å². The van der Waals surface area contributed by atoms with Gasteiger partial charge in [0.25, 0.3) is 0 Å². The zero-order valence-electron chi connectivity index (χ0n) is 17.5. The van der Waals surface area contributed by atoms with Crippen LogP contribution in [0.2, 0.25) is 0 Å². The maximum atomic E-state index is 6.62. The SMILES string of the molecule is Cc1ccc(Oc2ccc(C)c(C)c2-c2ccccc2)c(-c2ccccc2)c1C. The molecule has 0 aliphatic rings. The minimum Gasteiger partial charge on any atom is -0.456 e. The van der Waals surface area contributed by atoms with E-state index in [1.807, 2.05) is 12.1 Å². The Kier molecular flexibility index (Phi) is 5.22. The molecule has 0 N–H and O–H groups in total. The van der Waals surface area contributed by atoms with E-state index < -0.39 is 0 Å². The van der Waals surface area contributed by atoms with Crippen molar-refractivity contribution in [3.05, 3.63) is 107 Å². The second-order valence-corrected chi connectivity index (χ2v) is 7.60. The van der Waals surface area contributed by atoms with Gasteiger partial charge in [-0.05, 0) is 73.2 Å². The van der Waals surface area contributed by atoms with Crippen LogP contribution in [0.15, 0.2) is 84.9 Å². The van der Waals surface area contributed by atoms with E-state index in [4.69, 9.17) is 4.74 Å². The van der Waals surface area contributed by atoms with Crippen molar-refractivity contribution in [1.82, 2.24) is 0 Å². The molecule has 4 aromatic rings. The molecule has 0 heterocycles. The largest absolute Gasteiger partial charge is 0.456 e. The third-order valence-corrected chi connectivity index (χ3v) is 5.74. The fraction of sp³-hybridized carbons (Fsp3) is 0.143. The summed E-state index contributed by atoms with van der Waals surface area (Å²) in [5.74, 6) is 1.78. The van der Waals surface area contributed by atoms with E-state index in [0.29, 0.717) is 0 Å². The third kappa shape index (κ3) is 3.69. The third-order valence-electron chi connectivity index (χ3n) is 5.74. The summed E-state index contributed by atoms with van der Waals surface area (Å²) < 4.78 is 6.62. The average Bonchev–Trinajstić information content (AvgIpc) is 2.75. The predicted octanol–water partition coefficient (Wildman–Crippen LogP) is 8.05. The van der Waals surface area contributed by atoms with Gasteiger partial charge in [-0.3, -0.25) is 0 Å². The van der Waals surface area contributed by atoms with Crippen LogP contribution in [0.1, 0.15) is 22.3 Å². The van der Waals surface area contributed by atoms with Gasteiger partial charge in [-0.25, -0.2) is 0 Å². The first-order valence-corrected chi connectivity index (χ1v) is 10.1. The highest BCUT2D eigenvalue weighted by Gasteiger charge is 2.16. The van der Waals surface area contributed by atoms with E-state index in [2.05, 4.69) is 100 Å². The molecule has 0 bridgehead atoms. The van der Waals surface area contributed by atoms with Gasteiger partial charge in [-0.1, -0.05) is 72.8 Å². The zero-order chi connectivity index (χ0) is 20.4. The van der Waals surface area contributed by atoms with Gasteiger partial charge in [0.15, 0.2) is 0 Å². The molecular weight excluding hydrogens is 352 g/mol. The minimum absolute atomic E-state index is 0.889. The standard InChI is InChI=1S/C28H26O/c1-19-15-17-25(27(21(19)3)23-11-7-5-8-12-23)29-26-18-16-20(2)22(4)28(26)24-13-9-6-10-14-24/h5-18H,1-4H3. The van der Waals surface area contributed by atoms with Gasteiger partial charge in [-0.15, -0.1) is 0 Å². The van der Waals surface area contributed by atoms with E-state index in [0.717, 1.165) is 22.6 Å². The molecule has 0 saturated carbocycles. The number of ether oxygens (including phenoxy) is 1. The molecule has 0 saturated heterocycles. The molecule has 1 nitrogen and oxygen atoms in total. The van der Waals surface area contributed by atoms with E-state index >= 15 is 0 Å². The Bertz CT molecular complexity index is 1050. The van der Waals surface area contributed by atoms with Gasteiger partial charge in [0.2, 0.25) is 0 Å². The van der Waals surface area contributed by atoms with E-state index in [1.54, 1.807) is 0 Å². The lowest BCUT2D eigenvalue weighted by molar-refractivity contribution is 0.485. The van der Waals surface area contributed by atoms with Crippen LogP contribution >= 0.6 is 0 Å². The highest BCUT2D eigenvalue weighted by Crippen LogP contribution is 2.42. The molecule has 0 atom stereocenters. The Morgan fingerprint density at radius 3 is 1.21 bits per heavy atom. The molecule has 0 aliphatic heterocycles. The molecule has 0 aromatic heterocycles. The topological polar surface area (TPSA) is 9.23 Å². The molecule has 0 unspecified atom stereocenters. The quantitative estimate of drug-likeness (QED) is 0.349. The van der Waals surface area contributed by atoms with Gasteiger partial charge in [-0.2, -0.15) is 0 Å². The lowest BCUT2D eigenvalue weighted by Gasteiger charge is -2.19. The van der Waals surface area contributed by atoms with Crippen molar-refractivity contribution in [2.24, 2.45) is 0 Å². The monoisotopic (exact) mass is 378 g/mol. The van der Waals surface area contributed by atoms with Gasteiger partial charge in [0.1, 0.15) is 11.5 Å². The van der Waals surface area contributed by atoms with Crippen LogP contribution in [0.5, 0.6) is 11.5 Å². The minimum atomic E-state index is 0.889. The highest BCUT2D eigenvalue weighted by molar-refractivity contribution is 5.78. The van der Waals surface area contributed by atoms with Crippen LogP contribution in [-0.2, 0) is 0 Å². The maximum absolute atomic E-state index is 6.62. The number of aryl methyl sites for hydroxylation is 2. The summed E-state index contributed by atoms with van der Waals surface area (Å²) in [5, 5.41) is 0. The average molecular weight is 379 g/mol. The summed E-state index contributed by atoms with van der Waals surface area (Å²) in [6.07, 6.45) is 0. The van der Waals surface area contributed by atoms with E-state index in [9.17, 15) is 0 Å². The lowest BCUT2D eigenvalue weighted by Crippen LogP contribution is -1.97. The fourth-order valence-corrected chi connectivity index (χ4v) is 3.80. The molecule has 0 amide bonds. The molecule has 4 aromatic carbocycles. The Hall–Kier alpha value is -3.32. The van der Waals surface area contributed by atoms with Gasteiger partial charge in [0.05, 0.1) is 0 Å². The van der Waals surface area contributed by atoms with Crippen molar-refractivity contribution in [3.8, 4) is 33.8 Å². The molecule has 29 heavy (non-hydrogen) atoms. The summed E-state index contributed by atoms with van der Waals surface area (Å²) in [6.45, 7) is 8.64. The van der Waals surface area contributed by atoms with E-state index in [1.165, 1.54) is 33.4 Å². The Labute approximate surface area is 173 Å². The second-order valence-electron chi connectivity index (χ2n) is 7.60. The number of rotatable bonds is 4. The summed E-state index contributed by atoms with van der Waals surface area (Å²) in [5.41, 5.74) is 9.69. The molecule has 4 rings (SSSR count). The summed E-state index contributed by atoms with van der Waals surface area (Å²) in [4.78, 5) is 0. The zero-order valence-corrected chi connectivity index (χ0v) is 17.5. The number of hydrogen-bond donors (Lipinski definition) is 0. The van der Waals surface area contributed by atoms with Crippen molar-refractivity contribution in [1.29, 1.82) is 0 Å². The first-order valence-electron chi connectivity index (χ1n) is 10.1. The molecule has 144 valence electrons. The Balaban J connectivity index is 1.89. The normalized spacial score (nSPS) is 10.8. The van der Waals surface area contributed by atoms with Crippen LogP contribution in [0.4, 0.5) is 0 Å². The number of benzene rings is 4. The van der Waals surface area contributed by atoms with Crippen molar-refractivity contribution in [2.75, 3.05) is 0 Å². The molecule has 0 spiro atoms. The summed E-state index contributed by atoms with van der Waals surface area (Å²) in [6, 6.07) is 29.4. The van der Waals surface area contributed by atoms with Gasteiger partial charge < -0.3 is 4.74 Å². The molecular formula is C28H26O. The van der Waals surface area contributed by atoms with Crippen molar-refractivity contribution in [3.63, 3.8) is 0 Å². The lowest BCUT2D eigenvalue weighted by atomic mass is 9.95. The first kappa shape index (κ1) is 19.0. The van der Waals surface area contributed by atoms with Crippen molar-refractivity contribution >= 4 is 0 Å². The first-order chi connectivity index (χ1) is 14.1. The van der Waals surface area contributed by atoms with Crippen molar-refractivity contribution in [2.45, 2.75) is 27.7 Å². The van der Waals surface area contributed by atoms with Crippen LogP contribution in [0, 0.1) is 27.7 Å². The molecule has 0 radical (unpaired) electrons. The van der Waals surface area contributed by atoms with Crippen LogP contribution < -0.4 is 4.74 Å². The number of hydrogen-bond acceptors (Lipinski definition) is 1. The predicted molar refractivity (Wildman–Crippen MR) is 123 cm³/mol. The highest BCUT2D eigenvalue weighted by atomic mass is 16.5. The molecule has 0 fully saturated rings. The van der Waals surface area contributed by atoms with Crippen LogP contribution in [0.3, 0.4) is 0 Å². The maximum Gasteiger partial charge on any atom is 0.135 e. The van der Waals surface area contributed by atoms with Gasteiger partial charge in [0, 0.05) is 11.1 Å². The van der Waals surface area contributed by atoms with Gasteiger partial charge >= 0.3 is 0 Å². The second kappa shape index (κ2) is 7.97. The Morgan fingerprint density at radius 1 is 0.448 bits per heavy atom. The molecule has 1 heteroatoms. The molecule has 0 aliphatic carbocycles. The fourth-order valence-electron chi connectivity index (χ4n) is 3.80. The van der Waals surface area contributed by atoms with Crippen molar-refractivity contribution < 1.29 is 4.74 Å². The van der Waals surface area contributed by atoms with Crippen LogP contribution in [0.25, 0.3) is 22.3 Å². The summed E-state index contributed by atoms with van der Waals surface area (Å²) >= 11 is 0. The Morgan fingerprint density at radius 2 is 0.828 bits per heavy atom. The summed E-state index contributed by atoms with van der Waals surface area (Å²) in [7, 11) is 0. The van der Waals surface area contributed by atoms with E-state index in [-0.39, 0.29) is 0 Å².